The van der Waals surface area contributed by atoms with Crippen molar-refractivity contribution in [3.8, 4) is 0 Å². The number of fused-ring (bicyclic) bond motifs is 1. The summed E-state index contributed by atoms with van der Waals surface area (Å²) in [6.07, 6.45) is 1.43. The first-order valence-corrected chi connectivity index (χ1v) is 5.67. The average Bonchev–Trinajstić information content (AvgIpc) is 2.35. The summed E-state index contributed by atoms with van der Waals surface area (Å²) in [5, 5.41) is 10.1. The van der Waals surface area contributed by atoms with Crippen LogP contribution in [0.5, 0.6) is 0 Å². The van der Waals surface area contributed by atoms with Crippen LogP contribution in [0.1, 0.15) is 25.7 Å². The second kappa shape index (κ2) is 4.79. The number of methoxy groups -OCH3 is 1. The van der Waals surface area contributed by atoms with Crippen LogP contribution in [0, 0.1) is 0 Å². The molecular weight excluding hydrogens is 228 g/mol. The van der Waals surface area contributed by atoms with Gasteiger partial charge in [-0.2, -0.15) is 5.06 Å². The van der Waals surface area contributed by atoms with E-state index in [-0.39, 0.29) is 6.04 Å². The van der Waals surface area contributed by atoms with Gasteiger partial charge in [-0.15, -0.1) is 0 Å². The van der Waals surface area contributed by atoms with Gasteiger partial charge >= 0.3 is 12.2 Å². The van der Waals surface area contributed by atoms with E-state index < -0.39 is 18.4 Å². The lowest BCUT2D eigenvalue weighted by molar-refractivity contribution is -0.194. The molecule has 2 amide bonds. The Bertz CT molecular complexity index is 322. The monoisotopic (exact) mass is 244 g/mol. The molecule has 0 aromatic carbocycles. The molecule has 0 spiro atoms. The van der Waals surface area contributed by atoms with Crippen molar-refractivity contribution in [3.63, 3.8) is 0 Å². The molecule has 2 aliphatic rings. The van der Waals surface area contributed by atoms with Gasteiger partial charge in [0.15, 0.2) is 0 Å². The van der Waals surface area contributed by atoms with Crippen LogP contribution in [0.4, 0.5) is 9.59 Å². The molecule has 2 aliphatic heterocycles. The van der Waals surface area contributed by atoms with E-state index in [1.807, 2.05) is 0 Å². The fourth-order valence-electron chi connectivity index (χ4n) is 2.34. The van der Waals surface area contributed by atoms with Crippen LogP contribution in [-0.4, -0.2) is 53.3 Å². The van der Waals surface area contributed by atoms with Crippen LogP contribution < -0.4 is 0 Å². The maximum Gasteiger partial charge on any atom is 0.510 e. The van der Waals surface area contributed by atoms with Crippen molar-refractivity contribution in [3.05, 3.63) is 0 Å². The number of piperidine rings is 1. The number of hydroxylamine groups is 2. The van der Waals surface area contributed by atoms with Gasteiger partial charge in [0.25, 0.3) is 0 Å². The summed E-state index contributed by atoms with van der Waals surface area (Å²) < 4.78 is 9.19. The van der Waals surface area contributed by atoms with Crippen molar-refractivity contribution in [2.75, 3.05) is 13.7 Å². The smallest absolute Gasteiger partial charge is 0.438 e. The molecule has 2 unspecified atom stereocenters. The average molecular weight is 244 g/mol. The summed E-state index contributed by atoms with van der Waals surface area (Å²) in [6.45, 7) is 0.644. The molecule has 0 aliphatic carbocycles. The predicted octanol–water partition coefficient (Wildman–Crippen LogP) is 1.16. The van der Waals surface area contributed by atoms with Crippen molar-refractivity contribution in [2.45, 2.75) is 38.0 Å². The Hall–Kier alpha value is -1.50. The lowest BCUT2D eigenvalue weighted by atomic mass is 9.97. The van der Waals surface area contributed by atoms with Crippen molar-refractivity contribution >= 4 is 12.2 Å². The quantitative estimate of drug-likeness (QED) is 0.553. The maximum absolute atomic E-state index is 11.8. The largest absolute Gasteiger partial charge is 0.510 e. The first kappa shape index (κ1) is 12.0. The number of nitrogens with zero attached hydrogens (tertiary/aromatic N) is 2. The molecule has 96 valence electrons. The number of urea groups is 1. The summed E-state index contributed by atoms with van der Waals surface area (Å²) in [6, 6.07) is -0.468. The molecular formula is C10H16N2O5. The van der Waals surface area contributed by atoms with Crippen molar-refractivity contribution < 1.29 is 24.3 Å². The minimum Gasteiger partial charge on any atom is -0.438 e. The van der Waals surface area contributed by atoms with Crippen LogP contribution in [0.3, 0.4) is 0 Å². The van der Waals surface area contributed by atoms with Gasteiger partial charge in [0.05, 0.1) is 7.11 Å². The molecule has 2 heterocycles. The third-order valence-electron chi connectivity index (χ3n) is 3.21. The second-order valence-electron chi connectivity index (χ2n) is 4.23. The molecule has 1 N–H and O–H groups in total. The van der Waals surface area contributed by atoms with Gasteiger partial charge in [-0.25, -0.2) is 9.59 Å². The lowest BCUT2D eigenvalue weighted by Gasteiger charge is -2.44. The van der Waals surface area contributed by atoms with E-state index in [1.54, 1.807) is 4.90 Å². The number of amides is 2. The molecule has 2 atom stereocenters. The van der Waals surface area contributed by atoms with Crippen LogP contribution >= 0.6 is 0 Å². The van der Waals surface area contributed by atoms with Crippen molar-refractivity contribution in [2.24, 2.45) is 0 Å². The van der Waals surface area contributed by atoms with Crippen LogP contribution in [0.25, 0.3) is 0 Å². The van der Waals surface area contributed by atoms with Gasteiger partial charge in [0.1, 0.15) is 0 Å². The second-order valence-corrected chi connectivity index (χ2v) is 4.23. The molecule has 7 heteroatoms. The Kier molecular flexibility index (Phi) is 3.37. The summed E-state index contributed by atoms with van der Waals surface area (Å²) in [7, 11) is 1.18. The Morgan fingerprint density at radius 3 is 2.94 bits per heavy atom. The highest BCUT2D eigenvalue weighted by Gasteiger charge is 2.42. The van der Waals surface area contributed by atoms with Crippen molar-refractivity contribution in [1.29, 1.82) is 0 Å². The van der Waals surface area contributed by atoms with E-state index >= 15 is 0 Å². The topological polar surface area (TPSA) is 79.3 Å². The summed E-state index contributed by atoms with van der Waals surface area (Å²) >= 11 is 0. The number of hydrogen-bond donors (Lipinski definition) is 1. The zero-order valence-electron chi connectivity index (χ0n) is 9.66. The molecule has 2 saturated heterocycles. The Labute approximate surface area is 98.8 Å². The third-order valence-corrected chi connectivity index (χ3v) is 3.21. The van der Waals surface area contributed by atoms with Gasteiger partial charge in [-0.05, 0) is 19.3 Å². The fourth-order valence-corrected chi connectivity index (χ4v) is 2.34. The van der Waals surface area contributed by atoms with Gasteiger partial charge < -0.3 is 14.4 Å². The highest BCUT2D eigenvalue weighted by atomic mass is 16.7. The predicted molar refractivity (Wildman–Crippen MR) is 55.3 cm³/mol. The molecule has 0 aromatic heterocycles. The summed E-state index contributed by atoms with van der Waals surface area (Å²) in [5.74, 6) is 0. The van der Waals surface area contributed by atoms with E-state index in [2.05, 4.69) is 4.74 Å². The molecule has 7 nitrogen and oxygen atoms in total. The summed E-state index contributed by atoms with van der Waals surface area (Å²) in [5.41, 5.74) is 0. The van der Waals surface area contributed by atoms with E-state index in [4.69, 9.17) is 4.74 Å². The zero-order valence-corrected chi connectivity index (χ0v) is 9.66. The zero-order chi connectivity index (χ0) is 12.4. The highest BCUT2D eigenvalue weighted by Crippen LogP contribution is 2.28. The number of carbonyl (C=O) groups excluding carboxylic acids is 2. The van der Waals surface area contributed by atoms with E-state index in [0.29, 0.717) is 18.0 Å². The minimum absolute atomic E-state index is 0.0364. The molecule has 0 saturated carbocycles. The third kappa shape index (κ3) is 2.28. The molecule has 2 rings (SSSR count). The first-order chi connectivity index (χ1) is 8.13. The molecule has 0 bridgehead atoms. The number of ether oxygens (including phenoxy) is 2. The normalized spacial score (nSPS) is 28.7. The minimum atomic E-state index is -0.950. The van der Waals surface area contributed by atoms with Gasteiger partial charge in [-0.3, -0.25) is 5.21 Å². The fraction of sp³-hybridized carbons (Fsp3) is 0.800. The Morgan fingerprint density at radius 1 is 1.47 bits per heavy atom. The van der Waals surface area contributed by atoms with E-state index in [9.17, 15) is 14.8 Å². The van der Waals surface area contributed by atoms with Crippen LogP contribution in [0.15, 0.2) is 0 Å². The SMILES string of the molecule is COC(=O)OC1CC2CCCCN2C(=O)N1O. The van der Waals surface area contributed by atoms with Crippen LogP contribution in [0.2, 0.25) is 0 Å². The Morgan fingerprint density at radius 2 is 2.24 bits per heavy atom. The molecule has 2 fully saturated rings. The first-order valence-electron chi connectivity index (χ1n) is 5.67. The highest BCUT2D eigenvalue weighted by molar-refractivity contribution is 5.75. The number of rotatable bonds is 1. The molecule has 0 aromatic rings. The van der Waals surface area contributed by atoms with Gasteiger partial charge in [0, 0.05) is 19.0 Å². The van der Waals surface area contributed by atoms with Crippen molar-refractivity contribution in [1.82, 2.24) is 9.96 Å². The lowest BCUT2D eigenvalue weighted by Crippen LogP contribution is -2.59. The van der Waals surface area contributed by atoms with Crippen LogP contribution in [-0.2, 0) is 9.47 Å². The number of hydrogen-bond acceptors (Lipinski definition) is 5. The standard InChI is InChI=1S/C10H16N2O5/c1-16-10(14)17-8-6-7-4-2-3-5-11(7)9(13)12(8)15/h7-8,15H,2-6H2,1H3. The van der Waals surface area contributed by atoms with Gasteiger partial charge in [0.2, 0.25) is 6.23 Å². The van der Waals surface area contributed by atoms with E-state index in [0.717, 1.165) is 19.3 Å². The number of carbonyl (C=O) groups is 2. The summed E-state index contributed by atoms with van der Waals surface area (Å²) in [4.78, 5) is 24.4. The Balaban J connectivity index is 2.04. The maximum atomic E-state index is 11.8. The molecule has 17 heavy (non-hydrogen) atoms. The molecule has 0 radical (unpaired) electrons. The van der Waals surface area contributed by atoms with Gasteiger partial charge in [-0.1, -0.05) is 0 Å². The van der Waals surface area contributed by atoms with E-state index in [1.165, 1.54) is 7.11 Å².